The number of carbonyl (C=O) groups excluding carboxylic acids is 2. The van der Waals surface area contributed by atoms with Gasteiger partial charge in [-0.3, -0.25) is 14.5 Å². The summed E-state index contributed by atoms with van der Waals surface area (Å²) < 4.78 is 7.75. The zero-order valence-electron chi connectivity index (χ0n) is 17.6. The molecule has 4 rings (SSSR count). The zero-order valence-corrected chi connectivity index (χ0v) is 18.3. The SMILES string of the molecule is CCCNC(=O)CN1CCN(C(=O)c2nnn3c2CO[C@@H](c2ccc(Cl)cc2)C3)CC1. The van der Waals surface area contributed by atoms with Gasteiger partial charge >= 0.3 is 0 Å². The van der Waals surface area contributed by atoms with Gasteiger partial charge in [0.25, 0.3) is 5.91 Å². The number of benzene rings is 1. The molecule has 2 aliphatic heterocycles. The summed E-state index contributed by atoms with van der Waals surface area (Å²) in [5.41, 5.74) is 2.07. The first-order valence-electron chi connectivity index (χ1n) is 10.6. The topological polar surface area (TPSA) is 92.6 Å². The van der Waals surface area contributed by atoms with Crippen LogP contribution in [0.15, 0.2) is 24.3 Å². The van der Waals surface area contributed by atoms with Crippen LogP contribution in [0, 0.1) is 0 Å². The summed E-state index contributed by atoms with van der Waals surface area (Å²) >= 11 is 5.96. The molecule has 2 aliphatic rings. The maximum Gasteiger partial charge on any atom is 0.276 e. The van der Waals surface area contributed by atoms with Gasteiger partial charge in [0.1, 0.15) is 6.10 Å². The van der Waals surface area contributed by atoms with Gasteiger partial charge in [0.05, 0.1) is 25.4 Å². The molecule has 1 aromatic heterocycles. The second-order valence-electron chi connectivity index (χ2n) is 7.84. The molecule has 0 unspecified atom stereocenters. The normalized spacial score (nSPS) is 19.2. The van der Waals surface area contributed by atoms with Crippen molar-refractivity contribution in [2.24, 2.45) is 0 Å². The van der Waals surface area contributed by atoms with E-state index in [1.807, 2.05) is 31.2 Å². The van der Waals surface area contributed by atoms with Gasteiger partial charge in [0.2, 0.25) is 5.91 Å². The molecule has 9 nitrogen and oxygen atoms in total. The van der Waals surface area contributed by atoms with E-state index in [0.29, 0.717) is 62.2 Å². The first kappa shape index (κ1) is 21.7. The van der Waals surface area contributed by atoms with Crippen LogP contribution in [0.3, 0.4) is 0 Å². The third-order valence-corrected chi connectivity index (χ3v) is 5.89. The lowest BCUT2D eigenvalue weighted by atomic mass is 10.1. The van der Waals surface area contributed by atoms with Gasteiger partial charge in [-0.15, -0.1) is 5.10 Å². The van der Waals surface area contributed by atoms with Crippen molar-refractivity contribution in [1.29, 1.82) is 0 Å². The second kappa shape index (κ2) is 9.76. The summed E-state index contributed by atoms with van der Waals surface area (Å²) in [5, 5.41) is 11.9. The average molecular weight is 447 g/mol. The molecule has 0 spiro atoms. The minimum absolute atomic E-state index is 0.0291. The van der Waals surface area contributed by atoms with E-state index in [1.54, 1.807) is 9.58 Å². The lowest BCUT2D eigenvalue weighted by Gasteiger charge is -2.34. The zero-order chi connectivity index (χ0) is 21.8. The molecule has 0 aliphatic carbocycles. The van der Waals surface area contributed by atoms with Crippen molar-refractivity contribution >= 4 is 23.4 Å². The summed E-state index contributed by atoms with van der Waals surface area (Å²) in [6.45, 7) is 6.28. The van der Waals surface area contributed by atoms with E-state index in [1.165, 1.54) is 0 Å². The monoisotopic (exact) mass is 446 g/mol. The van der Waals surface area contributed by atoms with Crippen LogP contribution in [0.2, 0.25) is 5.02 Å². The van der Waals surface area contributed by atoms with Crippen LogP contribution in [-0.2, 0) is 22.7 Å². The van der Waals surface area contributed by atoms with E-state index in [9.17, 15) is 9.59 Å². The Morgan fingerprint density at radius 1 is 1.19 bits per heavy atom. The third kappa shape index (κ3) is 5.06. The summed E-state index contributed by atoms with van der Waals surface area (Å²) in [4.78, 5) is 28.8. The minimum atomic E-state index is -0.156. The lowest BCUT2D eigenvalue weighted by molar-refractivity contribution is -0.122. The maximum atomic E-state index is 13.0. The molecule has 0 radical (unpaired) electrons. The highest BCUT2D eigenvalue weighted by molar-refractivity contribution is 6.30. The van der Waals surface area contributed by atoms with E-state index < -0.39 is 0 Å². The van der Waals surface area contributed by atoms with Gasteiger partial charge in [0.15, 0.2) is 5.69 Å². The largest absolute Gasteiger partial charge is 0.365 e. The van der Waals surface area contributed by atoms with Crippen molar-refractivity contribution < 1.29 is 14.3 Å². The number of carbonyl (C=O) groups is 2. The molecule has 2 aromatic rings. The number of piperazine rings is 1. The fourth-order valence-corrected chi connectivity index (χ4v) is 3.97. The van der Waals surface area contributed by atoms with Gasteiger partial charge in [-0.25, -0.2) is 4.68 Å². The van der Waals surface area contributed by atoms with Crippen LogP contribution in [-0.4, -0.2) is 75.9 Å². The Hall–Kier alpha value is -2.49. The lowest BCUT2D eigenvalue weighted by Crippen LogP contribution is -2.51. The number of ether oxygens (including phenoxy) is 1. The quantitative estimate of drug-likeness (QED) is 0.722. The number of amides is 2. The molecule has 1 N–H and O–H groups in total. The molecule has 1 aromatic carbocycles. The fourth-order valence-electron chi connectivity index (χ4n) is 3.84. The van der Waals surface area contributed by atoms with Crippen molar-refractivity contribution in [3.05, 3.63) is 46.2 Å². The van der Waals surface area contributed by atoms with Gasteiger partial charge in [0, 0.05) is 37.7 Å². The van der Waals surface area contributed by atoms with Crippen LogP contribution in [0.5, 0.6) is 0 Å². The minimum Gasteiger partial charge on any atom is -0.365 e. The molecule has 31 heavy (non-hydrogen) atoms. The summed E-state index contributed by atoms with van der Waals surface area (Å²) in [7, 11) is 0. The van der Waals surface area contributed by atoms with Crippen LogP contribution in [0.25, 0.3) is 0 Å². The van der Waals surface area contributed by atoms with Crippen LogP contribution in [0.1, 0.15) is 41.2 Å². The molecule has 1 saturated heterocycles. The number of rotatable bonds is 6. The van der Waals surface area contributed by atoms with E-state index in [0.717, 1.165) is 12.0 Å². The Labute approximate surface area is 186 Å². The number of nitrogens with one attached hydrogen (secondary N) is 1. The van der Waals surface area contributed by atoms with Crippen LogP contribution in [0.4, 0.5) is 0 Å². The Morgan fingerprint density at radius 2 is 1.94 bits per heavy atom. The van der Waals surface area contributed by atoms with E-state index in [-0.39, 0.29) is 24.5 Å². The fraction of sp³-hybridized carbons (Fsp3) is 0.524. The Balaban J connectivity index is 1.34. The van der Waals surface area contributed by atoms with E-state index in [4.69, 9.17) is 16.3 Å². The van der Waals surface area contributed by atoms with Crippen molar-refractivity contribution in [2.75, 3.05) is 39.3 Å². The summed E-state index contributed by atoms with van der Waals surface area (Å²) in [6, 6.07) is 7.53. The smallest absolute Gasteiger partial charge is 0.276 e. The molecule has 1 atom stereocenters. The van der Waals surface area contributed by atoms with Crippen molar-refractivity contribution in [3.8, 4) is 0 Å². The molecule has 3 heterocycles. The maximum absolute atomic E-state index is 13.0. The summed E-state index contributed by atoms with van der Waals surface area (Å²) in [6.07, 6.45) is 0.762. The highest BCUT2D eigenvalue weighted by Crippen LogP contribution is 2.28. The van der Waals surface area contributed by atoms with Gasteiger partial charge in [-0.2, -0.15) is 0 Å². The first-order valence-corrected chi connectivity index (χ1v) is 11.0. The van der Waals surface area contributed by atoms with E-state index >= 15 is 0 Å². The van der Waals surface area contributed by atoms with Gasteiger partial charge < -0.3 is 15.0 Å². The Kier molecular flexibility index (Phi) is 6.84. The number of fused-ring (bicyclic) bond motifs is 1. The average Bonchev–Trinajstić information content (AvgIpc) is 3.21. The number of hydrogen-bond acceptors (Lipinski definition) is 6. The molecule has 1 fully saturated rings. The van der Waals surface area contributed by atoms with Crippen molar-refractivity contribution in [2.45, 2.75) is 32.6 Å². The molecule has 2 amide bonds. The van der Waals surface area contributed by atoms with Gasteiger partial charge in [-0.05, 0) is 24.1 Å². The highest BCUT2D eigenvalue weighted by Gasteiger charge is 2.31. The molecular weight excluding hydrogens is 420 g/mol. The van der Waals surface area contributed by atoms with Crippen molar-refractivity contribution in [1.82, 2.24) is 30.1 Å². The highest BCUT2D eigenvalue weighted by atomic mass is 35.5. The molecule has 0 saturated carbocycles. The molecular formula is C21H27ClN6O3. The standard InChI is InChI=1S/C21H27ClN6O3/c1-2-7-23-19(29)13-26-8-10-27(11-9-26)21(30)20-17-14-31-18(12-28(17)25-24-20)15-3-5-16(22)6-4-15/h3-6,18H,2,7-14H2,1H3,(H,23,29)/t18-/m1/s1. The van der Waals surface area contributed by atoms with E-state index in [2.05, 4.69) is 20.5 Å². The Morgan fingerprint density at radius 3 is 2.65 bits per heavy atom. The van der Waals surface area contributed by atoms with Crippen LogP contribution >= 0.6 is 11.6 Å². The predicted octanol–water partition coefficient (Wildman–Crippen LogP) is 1.49. The number of halogens is 1. The van der Waals surface area contributed by atoms with Gasteiger partial charge in [-0.1, -0.05) is 35.9 Å². The Bertz CT molecular complexity index is 924. The van der Waals surface area contributed by atoms with Crippen molar-refractivity contribution in [3.63, 3.8) is 0 Å². The van der Waals surface area contributed by atoms with Crippen LogP contribution < -0.4 is 5.32 Å². The predicted molar refractivity (Wildman–Crippen MR) is 115 cm³/mol. The second-order valence-corrected chi connectivity index (χ2v) is 8.27. The molecule has 10 heteroatoms. The number of nitrogens with zero attached hydrogens (tertiary/aromatic N) is 5. The molecule has 0 bridgehead atoms. The third-order valence-electron chi connectivity index (χ3n) is 5.64. The first-order chi connectivity index (χ1) is 15.0. The number of aromatic nitrogens is 3. The molecule has 166 valence electrons. The summed E-state index contributed by atoms with van der Waals surface area (Å²) in [5.74, 6) is -0.105. The number of hydrogen-bond donors (Lipinski definition) is 1.